The largest absolute Gasteiger partial charge is 0.496 e. The average molecular weight is 287 g/mol. The van der Waals surface area contributed by atoms with Crippen LogP contribution in [-0.2, 0) is 13.2 Å². The van der Waals surface area contributed by atoms with Crippen LogP contribution in [0.5, 0.6) is 17.2 Å². The van der Waals surface area contributed by atoms with Gasteiger partial charge in [0.05, 0.1) is 14.2 Å². The highest BCUT2D eigenvalue weighted by Gasteiger charge is 2.05. The van der Waals surface area contributed by atoms with E-state index in [1.807, 2.05) is 24.3 Å². The number of nitrogens with two attached hydrogens (primary N) is 1. The van der Waals surface area contributed by atoms with Crippen LogP contribution in [0.1, 0.15) is 16.7 Å². The lowest BCUT2D eigenvalue weighted by molar-refractivity contribution is 0.299. The fraction of sp³-hybridized carbons (Fsp3) is 0.294. The minimum absolute atomic E-state index is 0.493. The van der Waals surface area contributed by atoms with Crippen molar-refractivity contribution in [1.29, 1.82) is 0 Å². The van der Waals surface area contributed by atoms with Gasteiger partial charge in [-0.25, -0.2) is 0 Å². The second-order valence-electron chi connectivity index (χ2n) is 4.80. The fourth-order valence-corrected chi connectivity index (χ4v) is 2.07. The Labute approximate surface area is 125 Å². The van der Waals surface area contributed by atoms with Crippen molar-refractivity contribution in [3.8, 4) is 17.2 Å². The zero-order chi connectivity index (χ0) is 15.2. The van der Waals surface area contributed by atoms with Crippen LogP contribution in [0.15, 0.2) is 36.4 Å². The summed E-state index contributed by atoms with van der Waals surface area (Å²) in [5.74, 6) is 2.13. The molecular weight excluding hydrogens is 266 g/mol. The molecule has 0 atom stereocenters. The Morgan fingerprint density at radius 1 is 0.905 bits per heavy atom. The Morgan fingerprint density at radius 3 is 2.05 bits per heavy atom. The van der Waals surface area contributed by atoms with E-state index in [9.17, 15) is 0 Å². The number of ether oxygens (including phenoxy) is 3. The first kappa shape index (κ1) is 15.2. The van der Waals surface area contributed by atoms with Gasteiger partial charge in [-0.15, -0.1) is 0 Å². The van der Waals surface area contributed by atoms with Crippen LogP contribution in [0.4, 0.5) is 0 Å². The predicted molar refractivity (Wildman–Crippen MR) is 82.9 cm³/mol. The SMILES string of the molecule is COc1cc(OC)cc(OCc2ccc(CN)cc2C)c1. The molecule has 2 aromatic carbocycles. The molecule has 0 heterocycles. The Bertz CT molecular complexity index is 589. The number of aryl methyl sites for hydroxylation is 1. The Hall–Kier alpha value is -2.20. The van der Waals surface area contributed by atoms with Crippen molar-refractivity contribution < 1.29 is 14.2 Å². The van der Waals surface area contributed by atoms with E-state index in [4.69, 9.17) is 19.9 Å². The van der Waals surface area contributed by atoms with E-state index >= 15 is 0 Å². The van der Waals surface area contributed by atoms with Gasteiger partial charge in [0.1, 0.15) is 23.9 Å². The second kappa shape index (κ2) is 6.99. The highest BCUT2D eigenvalue weighted by molar-refractivity contribution is 5.42. The summed E-state index contributed by atoms with van der Waals surface area (Å²) in [5.41, 5.74) is 9.07. The van der Waals surface area contributed by atoms with Crippen molar-refractivity contribution in [2.24, 2.45) is 5.73 Å². The number of rotatable bonds is 6. The van der Waals surface area contributed by atoms with Gasteiger partial charge in [0.15, 0.2) is 0 Å². The molecule has 0 spiro atoms. The standard InChI is InChI=1S/C17H21NO3/c1-12-6-13(10-18)4-5-14(12)11-21-17-8-15(19-2)7-16(9-17)20-3/h4-9H,10-11,18H2,1-3H3. The zero-order valence-electron chi connectivity index (χ0n) is 12.7. The summed E-state index contributed by atoms with van der Waals surface area (Å²) in [5, 5.41) is 0. The van der Waals surface area contributed by atoms with E-state index in [1.54, 1.807) is 14.2 Å². The van der Waals surface area contributed by atoms with Crippen LogP contribution in [-0.4, -0.2) is 14.2 Å². The predicted octanol–water partition coefficient (Wildman–Crippen LogP) is 3.05. The third-order valence-corrected chi connectivity index (χ3v) is 3.36. The maximum Gasteiger partial charge on any atom is 0.127 e. The molecule has 0 saturated heterocycles. The minimum atomic E-state index is 0.493. The summed E-state index contributed by atoms with van der Waals surface area (Å²) in [6, 6.07) is 11.7. The van der Waals surface area contributed by atoms with Gasteiger partial charge in [0, 0.05) is 24.7 Å². The molecule has 0 bridgehead atoms. The first-order valence-corrected chi connectivity index (χ1v) is 6.80. The maximum absolute atomic E-state index is 5.84. The van der Waals surface area contributed by atoms with Crippen LogP contribution in [0.3, 0.4) is 0 Å². The topological polar surface area (TPSA) is 53.7 Å². The van der Waals surface area contributed by atoms with Crippen molar-refractivity contribution in [2.45, 2.75) is 20.1 Å². The van der Waals surface area contributed by atoms with E-state index in [-0.39, 0.29) is 0 Å². The number of methoxy groups -OCH3 is 2. The summed E-state index contributed by atoms with van der Waals surface area (Å²) in [7, 11) is 3.24. The quantitative estimate of drug-likeness (QED) is 0.887. The summed E-state index contributed by atoms with van der Waals surface area (Å²) >= 11 is 0. The fourth-order valence-electron chi connectivity index (χ4n) is 2.07. The molecule has 0 radical (unpaired) electrons. The lowest BCUT2D eigenvalue weighted by Gasteiger charge is -2.12. The van der Waals surface area contributed by atoms with Crippen molar-refractivity contribution in [2.75, 3.05) is 14.2 Å². The van der Waals surface area contributed by atoms with Crippen molar-refractivity contribution in [3.63, 3.8) is 0 Å². The highest BCUT2D eigenvalue weighted by atomic mass is 16.5. The molecule has 4 nitrogen and oxygen atoms in total. The van der Waals surface area contributed by atoms with Crippen LogP contribution >= 0.6 is 0 Å². The third-order valence-electron chi connectivity index (χ3n) is 3.36. The van der Waals surface area contributed by atoms with E-state index in [2.05, 4.69) is 19.1 Å². The van der Waals surface area contributed by atoms with Crippen molar-refractivity contribution >= 4 is 0 Å². The second-order valence-corrected chi connectivity index (χ2v) is 4.80. The van der Waals surface area contributed by atoms with E-state index < -0.39 is 0 Å². The first-order chi connectivity index (χ1) is 10.2. The van der Waals surface area contributed by atoms with Crippen LogP contribution in [0.25, 0.3) is 0 Å². The maximum atomic E-state index is 5.84. The van der Waals surface area contributed by atoms with E-state index in [0.717, 1.165) is 11.1 Å². The molecule has 0 saturated carbocycles. The van der Waals surface area contributed by atoms with Gasteiger partial charge in [-0.3, -0.25) is 0 Å². The zero-order valence-corrected chi connectivity index (χ0v) is 12.7. The molecule has 0 amide bonds. The summed E-state index contributed by atoms with van der Waals surface area (Å²) in [6.07, 6.45) is 0. The molecule has 0 aromatic heterocycles. The van der Waals surface area contributed by atoms with Gasteiger partial charge in [0.2, 0.25) is 0 Å². The smallest absolute Gasteiger partial charge is 0.127 e. The van der Waals surface area contributed by atoms with Crippen LogP contribution in [0, 0.1) is 6.92 Å². The molecule has 2 aromatic rings. The van der Waals surface area contributed by atoms with Crippen molar-refractivity contribution in [3.05, 3.63) is 53.1 Å². The monoisotopic (exact) mass is 287 g/mol. The van der Waals surface area contributed by atoms with Crippen LogP contribution in [0.2, 0.25) is 0 Å². The lowest BCUT2D eigenvalue weighted by atomic mass is 10.1. The molecule has 2 N–H and O–H groups in total. The van der Waals surface area contributed by atoms with Crippen molar-refractivity contribution in [1.82, 2.24) is 0 Å². The highest BCUT2D eigenvalue weighted by Crippen LogP contribution is 2.28. The van der Waals surface area contributed by atoms with E-state index in [1.165, 1.54) is 5.56 Å². The average Bonchev–Trinajstić information content (AvgIpc) is 2.53. The molecule has 0 aliphatic heterocycles. The molecule has 0 aliphatic carbocycles. The molecule has 0 fully saturated rings. The molecule has 0 unspecified atom stereocenters. The van der Waals surface area contributed by atoms with Gasteiger partial charge < -0.3 is 19.9 Å². The molecular formula is C17H21NO3. The number of hydrogen-bond acceptors (Lipinski definition) is 4. The molecule has 2 rings (SSSR count). The number of hydrogen-bond donors (Lipinski definition) is 1. The first-order valence-electron chi connectivity index (χ1n) is 6.80. The van der Waals surface area contributed by atoms with Gasteiger partial charge in [-0.2, -0.15) is 0 Å². The number of benzene rings is 2. The van der Waals surface area contributed by atoms with E-state index in [0.29, 0.717) is 30.4 Å². The summed E-state index contributed by atoms with van der Waals surface area (Å²) in [6.45, 7) is 3.10. The molecule has 112 valence electrons. The van der Waals surface area contributed by atoms with Gasteiger partial charge >= 0.3 is 0 Å². The van der Waals surface area contributed by atoms with Gasteiger partial charge in [0.25, 0.3) is 0 Å². The molecule has 21 heavy (non-hydrogen) atoms. The summed E-state index contributed by atoms with van der Waals surface area (Å²) < 4.78 is 16.3. The molecule has 4 heteroatoms. The summed E-state index contributed by atoms with van der Waals surface area (Å²) in [4.78, 5) is 0. The lowest BCUT2D eigenvalue weighted by Crippen LogP contribution is -2.01. The van der Waals surface area contributed by atoms with Gasteiger partial charge in [-0.1, -0.05) is 18.2 Å². The Balaban J connectivity index is 2.12. The minimum Gasteiger partial charge on any atom is -0.496 e. The third kappa shape index (κ3) is 3.89. The molecule has 0 aliphatic rings. The normalized spacial score (nSPS) is 10.3. The van der Waals surface area contributed by atoms with Crippen LogP contribution < -0.4 is 19.9 Å². The Kier molecular flexibility index (Phi) is 5.06. The Morgan fingerprint density at radius 2 is 1.52 bits per heavy atom. The van der Waals surface area contributed by atoms with Gasteiger partial charge in [-0.05, 0) is 23.6 Å².